The third-order valence-corrected chi connectivity index (χ3v) is 3.47. The molecule has 0 fully saturated rings. The summed E-state index contributed by atoms with van der Waals surface area (Å²) in [4.78, 5) is 11.8. The Hall–Kier alpha value is -2.07. The maximum absolute atomic E-state index is 11.8. The van der Waals surface area contributed by atoms with Gasteiger partial charge in [-0.3, -0.25) is 0 Å². The smallest absolute Gasteiger partial charge is 0.361 e. The predicted molar refractivity (Wildman–Crippen MR) is 93.5 cm³/mol. The second-order valence-corrected chi connectivity index (χ2v) is 5.34. The van der Waals surface area contributed by atoms with Crippen LogP contribution in [-0.2, 0) is 23.7 Å². The molecule has 152 valence electrons. The van der Waals surface area contributed by atoms with Crippen LogP contribution in [0, 0.1) is 0 Å². The number of carbonyl (C=O) groups excluding carboxylic acids is 1. The summed E-state index contributed by atoms with van der Waals surface area (Å²) in [5, 5.41) is 0. The van der Waals surface area contributed by atoms with Gasteiger partial charge in [-0.1, -0.05) is 0 Å². The Morgan fingerprint density at radius 2 is 1.70 bits per heavy atom. The highest BCUT2D eigenvalue weighted by atomic mass is 16.9. The Morgan fingerprint density at radius 1 is 1.00 bits per heavy atom. The van der Waals surface area contributed by atoms with Crippen LogP contribution in [0.2, 0.25) is 0 Å². The average molecular weight is 386 g/mol. The van der Waals surface area contributed by atoms with E-state index in [2.05, 4.69) is 0 Å². The van der Waals surface area contributed by atoms with Gasteiger partial charge in [-0.25, -0.2) is 4.79 Å². The normalized spacial score (nSPS) is 15.0. The number of fused-ring (bicyclic) bond motifs is 1. The first-order valence-electron chi connectivity index (χ1n) is 8.68. The van der Waals surface area contributed by atoms with Gasteiger partial charge < -0.3 is 37.9 Å². The molecule has 0 N–H and O–H groups in total. The van der Waals surface area contributed by atoms with Crippen LogP contribution in [0.1, 0.15) is 17.3 Å². The third kappa shape index (κ3) is 6.55. The summed E-state index contributed by atoms with van der Waals surface area (Å²) in [7, 11) is 2.92. The van der Waals surface area contributed by atoms with Crippen molar-refractivity contribution in [1.82, 2.24) is 0 Å². The van der Waals surface area contributed by atoms with Gasteiger partial charge in [0.15, 0.2) is 11.5 Å². The molecule has 0 saturated carbocycles. The van der Waals surface area contributed by atoms with Crippen molar-refractivity contribution >= 4 is 5.97 Å². The van der Waals surface area contributed by atoms with E-state index in [1.807, 2.05) is 6.92 Å². The zero-order valence-corrected chi connectivity index (χ0v) is 15.9. The summed E-state index contributed by atoms with van der Waals surface area (Å²) in [6.45, 7) is 3.97. The minimum atomic E-state index is -0.874. The fraction of sp³-hybridized carbons (Fsp3) is 0.611. The van der Waals surface area contributed by atoms with Gasteiger partial charge in [0.1, 0.15) is 6.61 Å². The summed E-state index contributed by atoms with van der Waals surface area (Å²) < 4.78 is 42.5. The molecule has 2 rings (SSSR count). The summed E-state index contributed by atoms with van der Waals surface area (Å²) >= 11 is 0. The number of esters is 1. The highest BCUT2D eigenvalue weighted by molar-refractivity contribution is 5.91. The maximum atomic E-state index is 11.8. The van der Waals surface area contributed by atoms with E-state index < -0.39 is 12.4 Å². The average Bonchev–Trinajstić information content (AvgIpc) is 3.08. The molecule has 1 aromatic carbocycles. The monoisotopic (exact) mass is 386 g/mol. The first-order valence-corrected chi connectivity index (χ1v) is 8.68. The molecule has 0 bridgehead atoms. The fourth-order valence-corrected chi connectivity index (χ4v) is 2.23. The van der Waals surface area contributed by atoms with Crippen molar-refractivity contribution in [2.24, 2.45) is 0 Å². The SMILES string of the molecule is CCOC1Oc2cc(C(=O)OC)cc(OCCOCCOCCOC)c2O1. The van der Waals surface area contributed by atoms with Gasteiger partial charge >= 0.3 is 12.4 Å². The van der Waals surface area contributed by atoms with E-state index in [1.54, 1.807) is 7.11 Å². The van der Waals surface area contributed by atoms with Crippen molar-refractivity contribution < 1.29 is 42.7 Å². The first kappa shape index (κ1) is 21.2. The van der Waals surface area contributed by atoms with E-state index in [-0.39, 0.29) is 6.61 Å². The number of methoxy groups -OCH3 is 2. The minimum Gasteiger partial charge on any atom is -0.487 e. The van der Waals surface area contributed by atoms with E-state index in [0.29, 0.717) is 62.5 Å². The molecule has 0 aliphatic carbocycles. The van der Waals surface area contributed by atoms with E-state index in [1.165, 1.54) is 19.2 Å². The van der Waals surface area contributed by atoms with Gasteiger partial charge in [-0.15, -0.1) is 0 Å². The van der Waals surface area contributed by atoms with Gasteiger partial charge in [0.25, 0.3) is 0 Å². The van der Waals surface area contributed by atoms with Gasteiger partial charge in [0.05, 0.1) is 52.3 Å². The number of carbonyl (C=O) groups is 1. The molecule has 1 heterocycles. The molecule has 0 radical (unpaired) electrons. The third-order valence-electron chi connectivity index (χ3n) is 3.47. The van der Waals surface area contributed by atoms with Gasteiger partial charge in [-0.2, -0.15) is 0 Å². The van der Waals surface area contributed by atoms with Crippen LogP contribution < -0.4 is 14.2 Å². The zero-order valence-electron chi connectivity index (χ0n) is 15.9. The number of rotatable bonds is 13. The number of ether oxygens (including phenoxy) is 8. The van der Waals surface area contributed by atoms with Crippen molar-refractivity contribution in [1.29, 1.82) is 0 Å². The lowest BCUT2D eigenvalue weighted by Crippen LogP contribution is -2.21. The van der Waals surface area contributed by atoms with Crippen molar-refractivity contribution in [3.05, 3.63) is 17.7 Å². The number of hydrogen-bond donors (Lipinski definition) is 0. The van der Waals surface area contributed by atoms with Gasteiger partial charge in [0.2, 0.25) is 5.75 Å². The summed E-state index contributed by atoms with van der Waals surface area (Å²) in [6.07, 6.45) is 0. The largest absolute Gasteiger partial charge is 0.487 e. The Morgan fingerprint density at radius 3 is 2.37 bits per heavy atom. The molecule has 0 saturated heterocycles. The van der Waals surface area contributed by atoms with Crippen LogP contribution in [0.15, 0.2) is 12.1 Å². The lowest BCUT2D eigenvalue weighted by molar-refractivity contribution is -0.173. The quantitative estimate of drug-likeness (QED) is 0.370. The number of benzene rings is 1. The molecule has 9 heteroatoms. The van der Waals surface area contributed by atoms with Gasteiger partial charge in [0, 0.05) is 7.11 Å². The topological polar surface area (TPSA) is 90.9 Å². The molecule has 27 heavy (non-hydrogen) atoms. The Kier molecular flexibility index (Phi) is 9.12. The van der Waals surface area contributed by atoms with E-state index in [4.69, 9.17) is 37.9 Å². The van der Waals surface area contributed by atoms with E-state index in [9.17, 15) is 4.79 Å². The molecule has 1 aliphatic rings. The lowest BCUT2D eigenvalue weighted by Gasteiger charge is -2.11. The summed E-state index contributed by atoms with van der Waals surface area (Å²) in [5.41, 5.74) is 0.291. The van der Waals surface area contributed by atoms with Crippen LogP contribution in [0.5, 0.6) is 17.2 Å². The molecule has 0 aromatic heterocycles. The van der Waals surface area contributed by atoms with Crippen LogP contribution in [0.4, 0.5) is 0 Å². The molecule has 0 amide bonds. The van der Waals surface area contributed by atoms with E-state index in [0.717, 1.165) is 0 Å². The van der Waals surface area contributed by atoms with Crippen molar-refractivity contribution in [2.45, 2.75) is 13.4 Å². The van der Waals surface area contributed by atoms with Crippen molar-refractivity contribution in [2.75, 3.05) is 60.5 Å². The molecule has 1 aromatic rings. The predicted octanol–water partition coefficient (Wildman–Crippen LogP) is 1.62. The summed E-state index contributed by atoms with van der Waals surface area (Å²) in [6, 6.07) is 3.07. The van der Waals surface area contributed by atoms with Crippen LogP contribution in [0.3, 0.4) is 0 Å². The standard InChI is InChI=1S/C18H26O9/c1-4-24-18-26-15-12-13(17(19)21-3)11-14(16(15)27-18)25-10-9-23-8-7-22-6-5-20-2/h11-12,18H,4-10H2,1-3H3. The molecule has 1 atom stereocenters. The lowest BCUT2D eigenvalue weighted by atomic mass is 10.2. The highest BCUT2D eigenvalue weighted by Crippen LogP contribution is 2.44. The molecule has 9 nitrogen and oxygen atoms in total. The van der Waals surface area contributed by atoms with E-state index >= 15 is 0 Å². The van der Waals surface area contributed by atoms with Crippen LogP contribution in [0.25, 0.3) is 0 Å². The molecule has 1 unspecified atom stereocenters. The molecule has 0 spiro atoms. The van der Waals surface area contributed by atoms with Gasteiger partial charge in [-0.05, 0) is 19.1 Å². The summed E-state index contributed by atoms with van der Waals surface area (Å²) in [5.74, 6) is 0.591. The minimum absolute atomic E-state index is 0.262. The highest BCUT2D eigenvalue weighted by Gasteiger charge is 2.30. The first-order chi connectivity index (χ1) is 13.2. The Balaban J connectivity index is 1.86. The molecular formula is C18H26O9. The van der Waals surface area contributed by atoms with Crippen LogP contribution >= 0.6 is 0 Å². The Bertz CT molecular complexity index is 590. The Labute approximate surface area is 158 Å². The maximum Gasteiger partial charge on any atom is 0.361 e. The van der Waals surface area contributed by atoms with Crippen molar-refractivity contribution in [3.8, 4) is 17.2 Å². The van der Waals surface area contributed by atoms with Crippen molar-refractivity contribution in [3.63, 3.8) is 0 Å². The molecular weight excluding hydrogens is 360 g/mol. The second-order valence-electron chi connectivity index (χ2n) is 5.34. The molecule has 1 aliphatic heterocycles. The second kappa shape index (κ2) is 11.6. The zero-order chi connectivity index (χ0) is 19.5. The van der Waals surface area contributed by atoms with Crippen LogP contribution in [-0.4, -0.2) is 72.9 Å². The fourth-order valence-electron chi connectivity index (χ4n) is 2.23. The number of hydrogen-bond acceptors (Lipinski definition) is 9.